The Balaban J connectivity index is 2.22. The highest BCUT2D eigenvalue weighted by Crippen LogP contribution is 2.28. The van der Waals surface area contributed by atoms with Crippen LogP contribution in [-0.2, 0) is 19.6 Å². The molecule has 2 rings (SSSR count). The normalized spacial score (nSPS) is 18.8. The molecule has 1 aromatic carbocycles. The minimum Gasteiger partial charge on any atom is -0.378 e. The summed E-state index contributed by atoms with van der Waals surface area (Å²) < 4.78 is 32.5. The Morgan fingerprint density at radius 3 is 2.39 bits per heavy atom. The molecule has 0 radical (unpaired) electrons. The number of morpholine rings is 1. The summed E-state index contributed by atoms with van der Waals surface area (Å²) in [6, 6.07) is 6.27. The zero-order valence-corrected chi connectivity index (χ0v) is 14.8. The van der Waals surface area contributed by atoms with Gasteiger partial charge in [0.15, 0.2) is 0 Å². The van der Waals surface area contributed by atoms with E-state index in [4.69, 9.17) is 4.74 Å². The number of ether oxygens (including phenoxy) is 1. The maximum absolute atomic E-state index is 12.8. The van der Waals surface area contributed by atoms with Gasteiger partial charge in [-0.2, -0.15) is 4.31 Å². The van der Waals surface area contributed by atoms with Crippen molar-refractivity contribution in [3.8, 4) is 0 Å². The van der Waals surface area contributed by atoms with Crippen LogP contribution in [0.15, 0.2) is 29.2 Å². The molecule has 1 aliphatic heterocycles. The number of anilines is 1. The van der Waals surface area contributed by atoms with Crippen LogP contribution in [0, 0.1) is 5.92 Å². The molecule has 0 unspecified atom stereocenters. The predicted octanol–water partition coefficient (Wildman–Crippen LogP) is 2.08. The molecule has 0 aliphatic carbocycles. The van der Waals surface area contributed by atoms with Crippen molar-refractivity contribution in [1.82, 2.24) is 4.31 Å². The number of carbonyl (C=O) groups excluding carboxylic acids is 1. The van der Waals surface area contributed by atoms with Gasteiger partial charge in [0.2, 0.25) is 15.9 Å². The van der Waals surface area contributed by atoms with E-state index in [0.29, 0.717) is 25.4 Å². The summed E-state index contributed by atoms with van der Waals surface area (Å²) in [6.07, 6.45) is 0. The van der Waals surface area contributed by atoms with Crippen molar-refractivity contribution in [2.24, 2.45) is 5.92 Å². The smallest absolute Gasteiger partial charge is 0.243 e. The van der Waals surface area contributed by atoms with Crippen LogP contribution in [0.1, 0.15) is 27.7 Å². The van der Waals surface area contributed by atoms with E-state index in [0.717, 1.165) is 0 Å². The van der Waals surface area contributed by atoms with Crippen molar-refractivity contribution in [3.63, 3.8) is 0 Å². The van der Waals surface area contributed by atoms with Crippen molar-refractivity contribution >= 4 is 21.6 Å². The molecule has 1 saturated heterocycles. The van der Waals surface area contributed by atoms with Crippen LogP contribution in [0.4, 0.5) is 5.69 Å². The Hall–Kier alpha value is -1.44. The second-order valence-corrected chi connectivity index (χ2v) is 8.47. The topological polar surface area (TPSA) is 75.7 Å². The third kappa shape index (κ3) is 3.91. The van der Waals surface area contributed by atoms with Crippen molar-refractivity contribution < 1.29 is 17.9 Å². The fourth-order valence-corrected chi connectivity index (χ4v) is 4.17. The molecular formula is C16H24N2O4S. The first-order valence-corrected chi connectivity index (χ1v) is 9.10. The maximum atomic E-state index is 12.8. The fraction of sp³-hybridized carbons (Fsp3) is 0.562. The Bertz CT molecular complexity index is 666. The second-order valence-electron chi connectivity index (χ2n) is 6.61. The molecular weight excluding hydrogens is 316 g/mol. The number of rotatable bonds is 4. The molecule has 1 aliphatic rings. The largest absolute Gasteiger partial charge is 0.378 e. The number of benzene rings is 1. The number of hydrogen-bond acceptors (Lipinski definition) is 4. The van der Waals surface area contributed by atoms with Gasteiger partial charge in [-0.1, -0.05) is 13.8 Å². The summed E-state index contributed by atoms with van der Waals surface area (Å²) >= 11 is 0. The molecule has 0 spiro atoms. The number of nitrogens with zero attached hydrogens (tertiary/aromatic N) is 1. The number of sulfonamides is 1. The molecule has 1 amide bonds. The summed E-state index contributed by atoms with van der Waals surface area (Å²) in [5, 5.41) is 2.75. The van der Waals surface area contributed by atoms with Crippen LogP contribution in [-0.4, -0.2) is 43.9 Å². The molecule has 128 valence electrons. The van der Waals surface area contributed by atoms with Gasteiger partial charge < -0.3 is 10.1 Å². The van der Waals surface area contributed by atoms with E-state index < -0.39 is 15.6 Å². The van der Waals surface area contributed by atoms with Crippen molar-refractivity contribution in [1.29, 1.82) is 0 Å². The Morgan fingerprint density at radius 1 is 1.26 bits per heavy atom. The van der Waals surface area contributed by atoms with Gasteiger partial charge in [0.1, 0.15) is 0 Å². The monoisotopic (exact) mass is 340 g/mol. The summed E-state index contributed by atoms with van der Waals surface area (Å²) in [7, 11) is -3.59. The summed E-state index contributed by atoms with van der Waals surface area (Å²) in [4.78, 5) is 11.9. The Morgan fingerprint density at radius 2 is 1.87 bits per heavy atom. The lowest BCUT2D eigenvalue weighted by atomic mass is 10.1. The van der Waals surface area contributed by atoms with Gasteiger partial charge in [-0.3, -0.25) is 4.79 Å². The number of nitrogens with one attached hydrogen (secondary N) is 1. The lowest BCUT2D eigenvalue weighted by molar-refractivity contribution is -0.118. The average molecular weight is 340 g/mol. The summed E-state index contributed by atoms with van der Waals surface area (Å²) in [6.45, 7) is 8.40. The number of amides is 1. The molecule has 6 nitrogen and oxygen atoms in total. The van der Waals surface area contributed by atoms with Gasteiger partial charge in [0.05, 0.1) is 23.6 Å². The molecule has 0 atom stereocenters. The lowest BCUT2D eigenvalue weighted by Gasteiger charge is -2.40. The predicted molar refractivity (Wildman–Crippen MR) is 88.7 cm³/mol. The maximum Gasteiger partial charge on any atom is 0.243 e. The molecule has 7 heteroatoms. The SMILES string of the molecule is CC(C)C(=O)Nc1ccc(S(=O)(=O)N2CCOCC2(C)C)cc1. The highest BCUT2D eigenvalue weighted by molar-refractivity contribution is 7.89. The molecule has 0 aromatic heterocycles. The third-order valence-corrected chi connectivity index (χ3v) is 5.93. The number of carbonyl (C=O) groups is 1. The zero-order valence-electron chi connectivity index (χ0n) is 14.0. The van der Waals surface area contributed by atoms with Gasteiger partial charge in [-0.05, 0) is 38.1 Å². The molecule has 0 saturated carbocycles. The first kappa shape index (κ1) is 17.9. The molecule has 1 heterocycles. The van der Waals surface area contributed by atoms with Crippen molar-refractivity contribution in [2.45, 2.75) is 38.1 Å². The van der Waals surface area contributed by atoms with E-state index in [-0.39, 0.29) is 16.7 Å². The zero-order chi connectivity index (χ0) is 17.3. The Kier molecular flexibility index (Phi) is 5.13. The third-order valence-electron chi connectivity index (χ3n) is 3.80. The standard InChI is InChI=1S/C16H24N2O4S/c1-12(2)15(19)17-13-5-7-14(8-6-13)23(20,21)18-9-10-22-11-16(18,3)4/h5-8,12H,9-11H2,1-4H3,(H,17,19). The Labute approximate surface area is 137 Å². The first-order chi connectivity index (χ1) is 10.6. The minimum atomic E-state index is -3.59. The lowest BCUT2D eigenvalue weighted by Crippen LogP contribution is -2.55. The minimum absolute atomic E-state index is 0.102. The van der Waals surface area contributed by atoms with E-state index in [2.05, 4.69) is 5.32 Å². The van der Waals surface area contributed by atoms with E-state index in [9.17, 15) is 13.2 Å². The van der Waals surface area contributed by atoms with Crippen LogP contribution in [0.25, 0.3) is 0 Å². The highest BCUT2D eigenvalue weighted by Gasteiger charge is 2.39. The molecule has 1 N–H and O–H groups in total. The highest BCUT2D eigenvalue weighted by atomic mass is 32.2. The van der Waals surface area contributed by atoms with Crippen LogP contribution in [0.2, 0.25) is 0 Å². The van der Waals surface area contributed by atoms with Crippen molar-refractivity contribution in [2.75, 3.05) is 25.1 Å². The van der Waals surface area contributed by atoms with Crippen molar-refractivity contribution in [3.05, 3.63) is 24.3 Å². The van der Waals surface area contributed by atoms with Crippen LogP contribution in [0.3, 0.4) is 0 Å². The van der Waals surface area contributed by atoms with E-state index >= 15 is 0 Å². The van der Waals surface area contributed by atoms with Gasteiger partial charge >= 0.3 is 0 Å². The number of hydrogen-bond donors (Lipinski definition) is 1. The van der Waals surface area contributed by atoms with Gasteiger partial charge in [-0.25, -0.2) is 8.42 Å². The van der Waals surface area contributed by atoms with E-state index in [1.807, 2.05) is 13.8 Å². The molecule has 0 bridgehead atoms. The van der Waals surface area contributed by atoms with E-state index in [1.54, 1.807) is 26.0 Å². The van der Waals surface area contributed by atoms with Gasteiger partial charge in [-0.15, -0.1) is 0 Å². The fourth-order valence-electron chi connectivity index (χ4n) is 2.41. The van der Waals surface area contributed by atoms with Crippen LogP contribution < -0.4 is 5.32 Å². The first-order valence-electron chi connectivity index (χ1n) is 7.66. The second kappa shape index (κ2) is 6.59. The van der Waals surface area contributed by atoms with Crippen LogP contribution in [0.5, 0.6) is 0 Å². The molecule has 1 aromatic rings. The van der Waals surface area contributed by atoms with Crippen LogP contribution >= 0.6 is 0 Å². The van der Waals surface area contributed by atoms with E-state index in [1.165, 1.54) is 16.4 Å². The van der Waals surface area contributed by atoms with Gasteiger partial charge in [0.25, 0.3) is 0 Å². The molecule has 23 heavy (non-hydrogen) atoms. The average Bonchev–Trinajstić information content (AvgIpc) is 2.46. The quantitative estimate of drug-likeness (QED) is 0.910. The summed E-state index contributed by atoms with van der Waals surface area (Å²) in [5.41, 5.74) is 0.00520. The summed E-state index contributed by atoms with van der Waals surface area (Å²) in [5.74, 6) is -0.234. The molecule has 1 fully saturated rings. The van der Waals surface area contributed by atoms with Gasteiger partial charge in [0, 0.05) is 18.2 Å².